The van der Waals surface area contributed by atoms with E-state index in [4.69, 9.17) is 0 Å². The van der Waals surface area contributed by atoms with Gasteiger partial charge in [0.05, 0.1) is 5.56 Å². The van der Waals surface area contributed by atoms with Crippen molar-refractivity contribution in [3.05, 3.63) is 71.3 Å². The molecule has 5 heteroatoms. The van der Waals surface area contributed by atoms with E-state index in [1.165, 1.54) is 12.1 Å². The third kappa shape index (κ3) is 4.76. The molecule has 0 bridgehead atoms. The highest BCUT2D eigenvalue weighted by molar-refractivity contribution is 5.85. The summed E-state index contributed by atoms with van der Waals surface area (Å²) in [5.41, 5.74) is 0.743. The van der Waals surface area contributed by atoms with E-state index in [1.807, 2.05) is 37.3 Å². The standard InChI is InChI=1S/C16H16F3N.ClH/c1-12(13-7-3-2-4-8-13)20-11-14-9-5-6-10-15(14)16(17,18)19;/h2-10,12,20H,11H2,1H3;1H. The van der Waals surface area contributed by atoms with Gasteiger partial charge in [0.1, 0.15) is 0 Å². The number of alkyl halides is 3. The Morgan fingerprint density at radius 2 is 1.52 bits per heavy atom. The van der Waals surface area contributed by atoms with Crippen LogP contribution in [0.15, 0.2) is 54.6 Å². The van der Waals surface area contributed by atoms with Crippen LogP contribution >= 0.6 is 12.4 Å². The Kier molecular flexibility index (Phi) is 6.24. The van der Waals surface area contributed by atoms with E-state index >= 15 is 0 Å². The van der Waals surface area contributed by atoms with Gasteiger partial charge in [0, 0.05) is 12.6 Å². The summed E-state index contributed by atoms with van der Waals surface area (Å²) in [5, 5.41) is 3.13. The van der Waals surface area contributed by atoms with Crippen LogP contribution in [0.25, 0.3) is 0 Å². The van der Waals surface area contributed by atoms with Gasteiger partial charge in [-0.25, -0.2) is 0 Å². The number of hydrogen-bond acceptors (Lipinski definition) is 1. The van der Waals surface area contributed by atoms with E-state index in [0.29, 0.717) is 0 Å². The van der Waals surface area contributed by atoms with Crippen molar-refractivity contribution in [2.24, 2.45) is 0 Å². The SMILES string of the molecule is CC(NCc1ccccc1C(F)(F)F)c1ccccc1.Cl. The number of hydrogen-bond donors (Lipinski definition) is 1. The Morgan fingerprint density at radius 1 is 0.952 bits per heavy atom. The van der Waals surface area contributed by atoms with Gasteiger partial charge in [-0.2, -0.15) is 13.2 Å². The molecule has 0 heterocycles. The van der Waals surface area contributed by atoms with Crippen molar-refractivity contribution in [3.8, 4) is 0 Å². The highest BCUT2D eigenvalue weighted by Gasteiger charge is 2.32. The fraction of sp³-hybridized carbons (Fsp3) is 0.250. The second-order valence-electron chi connectivity index (χ2n) is 4.67. The van der Waals surface area contributed by atoms with Crippen LogP contribution in [0.5, 0.6) is 0 Å². The highest BCUT2D eigenvalue weighted by atomic mass is 35.5. The summed E-state index contributed by atoms with van der Waals surface area (Å²) in [7, 11) is 0. The number of rotatable bonds is 4. The Hall–Kier alpha value is -1.52. The average molecular weight is 316 g/mol. The van der Waals surface area contributed by atoms with Crippen molar-refractivity contribution in [1.29, 1.82) is 0 Å². The molecule has 1 N–H and O–H groups in total. The Labute approximate surface area is 128 Å². The molecule has 1 unspecified atom stereocenters. The van der Waals surface area contributed by atoms with E-state index in [-0.39, 0.29) is 30.6 Å². The Bertz CT molecular complexity index is 555. The van der Waals surface area contributed by atoms with Gasteiger partial charge in [-0.3, -0.25) is 0 Å². The first-order valence-corrected chi connectivity index (χ1v) is 6.42. The van der Waals surface area contributed by atoms with Crippen LogP contribution in [-0.4, -0.2) is 0 Å². The minimum absolute atomic E-state index is 0. The third-order valence-electron chi connectivity index (χ3n) is 3.22. The van der Waals surface area contributed by atoms with Crippen LogP contribution in [0, 0.1) is 0 Å². The van der Waals surface area contributed by atoms with E-state index in [9.17, 15) is 13.2 Å². The quantitative estimate of drug-likeness (QED) is 0.839. The molecule has 2 aromatic carbocycles. The predicted octanol–water partition coefficient (Wildman–Crippen LogP) is 4.98. The number of nitrogens with one attached hydrogen (secondary N) is 1. The topological polar surface area (TPSA) is 12.0 Å². The van der Waals surface area contributed by atoms with Gasteiger partial charge >= 0.3 is 6.18 Å². The normalized spacial score (nSPS) is 12.6. The lowest BCUT2D eigenvalue weighted by Gasteiger charge is -2.17. The molecule has 0 spiro atoms. The van der Waals surface area contributed by atoms with Crippen molar-refractivity contribution in [2.75, 3.05) is 0 Å². The summed E-state index contributed by atoms with van der Waals surface area (Å²) < 4.78 is 38.6. The molecule has 0 radical (unpaired) electrons. The van der Waals surface area contributed by atoms with Crippen molar-refractivity contribution in [2.45, 2.75) is 25.7 Å². The summed E-state index contributed by atoms with van der Waals surface area (Å²) in [4.78, 5) is 0. The van der Waals surface area contributed by atoms with Crippen molar-refractivity contribution < 1.29 is 13.2 Å². The average Bonchev–Trinajstić information content (AvgIpc) is 2.45. The fourth-order valence-electron chi connectivity index (χ4n) is 2.07. The Balaban J connectivity index is 0.00000220. The lowest BCUT2D eigenvalue weighted by Crippen LogP contribution is -2.20. The minimum Gasteiger partial charge on any atom is -0.306 e. The van der Waals surface area contributed by atoms with Crippen molar-refractivity contribution in [3.63, 3.8) is 0 Å². The molecule has 0 saturated carbocycles. The van der Waals surface area contributed by atoms with Gasteiger partial charge in [-0.15, -0.1) is 12.4 Å². The molecule has 21 heavy (non-hydrogen) atoms. The molecular formula is C16H17ClF3N. The molecule has 0 aliphatic carbocycles. The maximum Gasteiger partial charge on any atom is 0.416 e. The first-order valence-electron chi connectivity index (χ1n) is 6.42. The lowest BCUT2D eigenvalue weighted by molar-refractivity contribution is -0.138. The second-order valence-corrected chi connectivity index (χ2v) is 4.67. The molecule has 114 valence electrons. The molecule has 1 nitrogen and oxygen atoms in total. The van der Waals surface area contributed by atoms with Gasteiger partial charge in [0.2, 0.25) is 0 Å². The van der Waals surface area contributed by atoms with Crippen molar-refractivity contribution >= 4 is 12.4 Å². The van der Waals surface area contributed by atoms with E-state index < -0.39 is 11.7 Å². The fourth-order valence-corrected chi connectivity index (χ4v) is 2.07. The molecule has 0 aliphatic rings. The van der Waals surface area contributed by atoms with Crippen LogP contribution < -0.4 is 5.32 Å². The molecule has 2 rings (SSSR count). The monoisotopic (exact) mass is 315 g/mol. The molecule has 0 aliphatic heterocycles. The third-order valence-corrected chi connectivity index (χ3v) is 3.22. The van der Waals surface area contributed by atoms with Gasteiger partial charge in [-0.05, 0) is 24.1 Å². The zero-order valence-electron chi connectivity index (χ0n) is 11.5. The van der Waals surface area contributed by atoms with Gasteiger partial charge in [0.15, 0.2) is 0 Å². The van der Waals surface area contributed by atoms with Gasteiger partial charge < -0.3 is 5.32 Å². The van der Waals surface area contributed by atoms with Crippen molar-refractivity contribution in [1.82, 2.24) is 5.32 Å². The maximum absolute atomic E-state index is 12.9. The predicted molar refractivity (Wildman–Crippen MR) is 80.4 cm³/mol. The molecule has 2 aromatic rings. The van der Waals surface area contributed by atoms with Crippen LogP contribution in [0.3, 0.4) is 0 Å². The highest BCUT2D eigenvalue weighted by Crippen LogP contribution is 2.32. The minimum atomic E-state index is -4.31. The van der Waals surface area contributed by atoms with E-state index in [0.717, 1.165) is 11.6 Å². The van der Waals surface area contributed by atoms with Gasteiger partial charge in [0.25, 0.3) is 0 Å². The summed E-state index contributed by atoms with van der Waals surface area (Å²) in [6, 6.07) is 15.3. The second kappa shape index (κ2) is 7.48. The molecule has 0 aromatic heterocycles. The van der Waals surface area contributed by atoms with Crippen LogP contribution in [0.4, 0.5) is 13.2 Å². The van der Waals surface area contributed by atoms with Crippen LogP contribution in [0.2, 0.25) is 0 Å². The Morgan fingerprint density at radius 3 is 2.14 bits per heavy atom. The zero-order chi connectivity index (χ0) is 14.6. The smallest absolute Gasteiger partial charge is 0.306 e. The van der Waals surface area contributed by atoms with Gasteiger partial charge in [-0.1, -0.05) is 48.5 Å². The molecular weight excluding hydrogens is 299 g/mol. The summed E-state index contributed by atoms with van der Waals surface area (Å²) in [5.74, 6) is 0. The summed E-state index contributed by atoms with van der Waals surface area (Å²) >= 11 is 0. The first-order chi connectivity index (χ1) is 9.48. The lowest BCUT2D eigenvalue weighted by atomic mass is 10.1. The van der Waals surface area contributed by atoms with Crippen LogP contribution in [-0.2, 0) is 12.7 Å². The van der Waals surface area contributed by atoms with E-state index in [2.05, 4.69) is 5.32 Å². The largest absolute Gasteiger partial charge is 0.416 e. The van der Waals surface area contributed by atoms with Crippen LogP contribution in [0.1, 0.15) is 29.7 Å². The molecule has 0 fully saturated rings. The molecule has 0 saturated heterocycles. The zero-order valence-corrected chi connectivity index (χ0v) is 12.3. The number of benzene rings is 2. The summed E-state index contributed by atoms with van der Waals surface area (Å²) in [6.45, 7) is 2.12. The maximum atomic E-state index is 12.9. The van der Waals surface area contributed by atoms with E-state index in [1.54, 1.807) is 6.07 Å². The molecule has 1 atom stereocenters. The summed E-state index contributed by atoms with van der Waals surface area (Å²) in [6.07, 6.45) is -4.31. The number of halogens is 4. The first kappa shape index (κ1) is 17.5. The molecule has 0 amide bonds.